The molecule has 0 N–H and O–H groups in total. The van der Waals surface area contributed by atoms with Crippen LogP contribution in [-0.2, 0) is 23.1 Å². The Hall–Kier alpha value is -1.96. The van der Waals surface area contributed by atoms with E-state index in [0.29, 0.717) is 26.2 Å². The number of para-hydroxylation sites is 1. The minimum atomic E-state index is -3.36. The topological polar surface area (TPSA) is 49.9 Å². The van der Waals surface area contributed by atoms with Crippen molar-refractivity contribution in [2.75, 3.05) is 25.9 Å². The van der Waals surface area contributed by atoms with Gasteiger partial charge in [-0.3, -0.25) is 4.90 Å². The van der Waals surface area contributed by atoms with Crippen LogP contribution in [0.15, 0.2) is 48.5 Å². The Labute approximate surface area is 165 Å². The number of sulfonamides is 1. The fourth-order valence-corrected chi connectivity index (χ4v) is 5.03. The lowest BCUT2D eigenvalue weighted by molar-refractivity contribution is -0.0179. The minimum absolute atomic E-state index is 0.244. The summed E-state index contributed by atoms with van der Waals surface area (Å²) in [7, 11) is -3.36. The molecule has 1 saturated heterocycles. The molecule has 0 saturated carbocycles. The Morgan fingerprint density at radius 1 is 1.11 bits per heavy atom. The van der Waals surface area contributed by atoms with Crippen molar-refractivity contribution >= 4 is 10.0 Å². The fraction of sp³-hybridized carbons (Fsp3) is 0.429. The van der Waals surface area contributed by atoms with Gasteiger partial charge < -0.3 is 4.74 Å². The number of rotatable bonds is 3. The van der Waals surface area contributed by atoms with E-state index < -0.39 is 15.6 Å². The molecule has 0 aromatic heterocycles. The van der Waals surface area contributed by atoms with Crippen molar-refractivity contribution in [2.45, 2.75) is 31.5 Å². The molecule has 2 heterocycles. The van der Waals surface area contributed by atoms with Crippen LogP contribution >= 0.6 is 0 Å². The van der Waals surface area contributed by atoms with E-state index in [-0.39, 0.29) is 5.82 Å². The molecule has 2 aromatic rings. The molecular weight excluding hydrogens is 379 g/mol. The van der Waals surface area contributed by atoms with Crippen molar-refractivity contribution in [2.24, 2.45) is 0 Å². The molecular formula is C21H25FN2O3S. The molecule has 0 aliphatic carbocycles. The van der Waals surface area contributed by atoms with Gasteiger partial charge in [-0.15, -0.1) is 0 Å². The van der Waals surface area contributed by atoms with E-state index in [4.69, 9.17) is 4.74 Å². The van der Waals surface area contributed by atoms with Crippen molar-refractivity contribution in [3.63, 3.8) is 0 Å². The zero-order valence-corrected chi connectivity index (χ0v) is 16.8. The van der Waals surface area contributed by atoms with Crippen molar-refractivity contribution in [1.29, 1.82) is 0 Å². The van der Waals surface area contributed by atoms with Crippen LogP contribution in [0.25, 0.3) is 0 Å². The maximum Gasteiger partial charge on any atom is 0.211 e. The predicted molar refractivity (Wildman–Crippen MR) is 106 cm³/mol. The number of piperidine rings is 1. The summed E-state index contributed by atoms with van der Waals surface area (Å²) in [6, 6.07) is 14.2. The van der Waals surface area contributed by atoms with E-state index in [2.05, 4.69) is 4.90 Å². The lowest BCUT2D eigenvalue weighted by atomic mass is 9.92. The Balaban J connectivity index is 1.61. The molecule has 1 unspecified atom stereocenters. The number of hydrogen-bond acceptors (Lipinski definition) is 4. The molecule has 7 heteroatoms. The third-order valence-corrected chi connectivity index (χ3v) is 6.71. The first-order valence-electron chi connectivity index (χ1n) is 9.52. The van der Waals surface area contributed by atoms with Crippen LogP contribution < -0.4 is 4.74 Å². The van der Waals surface area contributed by atoms with Crippen LogP contribution in [-0.4, -0.2) is 49.1 Å². The molecule has 5 nitrogen and oxygen atoms in total. The summed E-state index contributed by atoms with van der Waals surface area (Å²) >= 11 is 0. The zero-order valence-electron chi connectivity index (χ0n) is 16.0. The number of benzene rings is 2. The molecule has 2 aromatic carbocycles. The number of halogens is 1. The van der Waals surface area contributed by atoms with E-state index >= 15 is 0 Å². The van der Waals surface area contributed by atoms with Gasteiger partial charge in [0.2, 0.25) is 10.0 Å². The summed E-state index contributed by atoms with van der Waals surface area (Å²) in [5.74, 6) is 0.517. The second kappa shape index (κ2) is 7.46. The first-order valence-corrected chi connectivity index (χ1v) is 11.4. The second-order valence-corrected chi connectivity index (χ2v) is 9.85. The van der Waals surface area contributed by atoms with Crippen LogP contribution in [0, 0.1) is 5.82 Å². The molecule has 0 radical (unpaired) electrons. The summed E-state index contributed by atoms with van der Waals surface area (Å²) in [5, 5.41) is 0. The molecule has 0 bridgehead atoms. The molecule has 2 aliphatic heterocycles. The summed E-state index contributed by atoms with van der Waals surface area (Å²) in [6.07, 6.45) is 2.97. The molecule has 1 atom stereocenters. The molecule has 2 aliphatic rings. The fourth-order valence-electron chi connectivity index (χ4n) is 4.19. The highest BCUT2D eigenvalue weighted by Crippen LogP contribution is 2.35. The smallest absolute Gasteiger partial charge is 0.211 e. The van der Waals surface area contributed by atoms with Crippen LogP contribution in [0.2, 0.25) is 0 Å². The Morgan fingerprint density at radius 3 is 2.61 bits per heavy atom. The Morgan fingerprint density at radius 2 is 1.86 bits per heavy atom. The van der Waals surface area contributed by atoms with Gasteiger partial charge in [-0.05, 0) is 43.1 Å². The Kier molecular flexibility index (Phi) is 5.16. The van der Waals surface area contributed by atoms with Gasteiger partial charge in [0, 0.05) is 25.2 Å². The average molecular weight is 405 g/mol. The monoisotopic (exact) mass is 404 g/mol. The lowest BCUT2D eigenvalue weighted by Crippen LogP contribution is -2.57. The van der Waals surface area contributed by atoms with Gasteiger partial charge in [-0.2, -0.15) is 4.31 Å². The van der Waals surface area contributed by atoms with Crippen LogP contribution in [0.4, 0.5) is 4.39 Å². The van der Waals surface area contributed by atoms with Gasteiger partial charge in [0.1, 0.15) is 17.2 Å². The summed E-state index contributed by atoms with van der Waals surface area (Å²) in [4.78, 5) is 2.27. The first kappa shape index (κ1) is 19.4. The summed E-state index contributed by atoms with van der Waals surface area (Å²) < 4.78 is 46.0. The van der Waals surface area contributed by atoms with Crippen molar-refractivity contribution < 1.29 is 17.5 Å². The third-order valence-electron chi connectivity index (χ3n) is 5.52. The zero-order chi connectivity index (χ0) is 19.8. The van der Waals surface area contributed by atoms with E-state index in [1.165, 1.54) is 22.7 Å². The van der Waals surface area contributed by atoms with E-state index in [9.17, 15) is 12.8 Å². The summed E-state index contributed by atoms with van der Waals surface area (Å²) in [5.41, 5.74) is 1.33. The van der Waals surface area contributed by atoms with Gasteiger partial charge in [-0.25, -0.2) is 12.8 Å². The summed E-state index contributed by atoms with van der Waals surface area (Å²) in [6.45, 7) is 2.88. The number of likely N-dealkylation sites (tertiary alicyclic amines) is 1. The molecule has 150 valence electrons. The normalized spacial score (nSPS) is 23.8. The SMILES string of the molecule is CS(=O)(=O)N1Cc2ccccc2OC2(CCCN(Cc3ccc(F)cc3)C2)C1. The van der Waals surface area contributed by atoms with Gasteiger partial charge in [-0.1, -0.05) is 30.3 Å². The highest BCUT2D eigenvalue weighted by molar-refractivity contribution is 7.88. The average Bonchev–Trinajstić information content (AvgIpc) is 2.80. The first-order chi connectivity index (χ1) is 13.3. The highest BCUT2D eigenvalue weighted by Gasteiger charge is 2.43. The molecule has 1 fully saturated rings. The largest absolute Gasteiger partial charge is 0.484 e. The highest BCUT2D eigenvalue weighted by atomic mass is 32.2. The van der Waals surface area contributed by atoms with E-state index in [1.807, 2.05) is 24.3 Å². The number of fused-ring (bicyclic) bond motifs is 1. The van der Waals surface area contributed by atoms with E-state index in [0.717, 1.165) is 36.3 Å². The number of nitrogens with zero attached hydrogens (tertiary/aromatic N) is 2. The van der Waals surface area contributed by atoms with Crippen LogP contribution in [0.3, 0.4) is 0 Å². The molecule has 1 spiro atoms. The maximum atomic E-state index is 13.2. The third kappa shape index (κ3) is 4.21. The van der Waals surface area contributed by atoms with Crippen molar-refractivity contribution in [1.82, 2.24) is 9.21 Å². The van der Waals surface area contributed by atoms with Gasteiger partial charge >= 0.3 is 0 Å². The predicted octanol–water partition coefficient (Wildman–Crippen LogP) is 3.01. The van der Waals surface area contributed by atoms with Crippen molar-refractivity contribution in [3.8, 4) is 5.75 Å². The molecule has 0 amide bonds. The quantitative estimate of drug-likeness (QED) is 0.789. The number of ether oxygens (including phenoxy) is 1. The Bertz CT molecular complexity index is 948. The van der Waals surface area contributed by atoms with Crippen molar-refractivity contribution in [3.05, 3.63) is 65.5 Å². The maximum absolute atomic E-state index is 13.2. The molecule has 4 rings (SSSR count). The van der Waals surface area contributed by atoms with Crippen LogP contribution in [0.5, 0.6) is 5.75 Å². The van der Waals surface area contributed by atoms with Crippen LogP contribution in [0.1, 0.15) is 24.0 Å². The van der Waals surface area contributed by atoms with Gasteiger partial charge in [0.15, 0.2) is 0 Å². The lowest BCUT2D eigenvalue weighted by Gasteiger charge is -2.43. The minimum Gasteiger partial charge on any atom is -0.484 e. The standard InChI is InChI=1S/C21H25FN2O3S/c1-28(25,26)24-14-18-5-2-3-6-20(18)27-21(16-24)11-4-12-23(15-21)13-17-7-9-19(22)10-8-17/h2-3,5-10H,4,11-16H2,1H3. The number of hydrogen-bond donors (Lipinski definition) is 0. The van der Waals surface area contributed by atoms with Gasteiger partial charge in [0.25, 0.3) is 0 Å². The van der Waals surface area contributed by atoms with Gasteiger partial charge in [0.05, 0.1) is 12.8 Å². The van der Waals surface area contributed by atoms with E-state index in [1.54, 1.807) is 12.1 Å². The second-order valence-electron chi connectivity index (χ2n) is 7.86. The molecule has 28 heavy (non-hydrogen) atoms.